The number of rotatable bonds is 3. The molecule has 1 unspecified atom stereocenters. The molecule has 0 bridgehead atoms. The molecule has 0 radical (unpaired) electrons. The number of carbonyl (C=O) groups is 1. The van der Waals surface area contributed by atoms with Gasteiger partial charge < -0.3 is 10.2 Å². The van der Waals surface area contributed by atoms with Crippen molar-refractivity contribution in [3.63, 3.8) is 0 Å². The monoisotopic (exact) mass is 285 g/mol. The number of hydrogen-bond acceptors (Lipinski definition) is 4. The highest BCUT2D eigenvalue weighted by Crippen LogP contribution is 2.26. The van der Waals surface area contributed by atoms with Crippen molar-refractivity contribution in [2.24, 2.45) is 0 Å². The molecule has 1 aromatic rings. The summed E-state index contributed by atoms with van der Waals surface area (Å²) >= 11 is 0. The first-order chi connectivity index (χ1) is 8.82. The molecule has 0 aliphatic carbocycles. The minimum absolute atomic E-state index is 0.0402. The Labute approximate surface area is 111 Å². The Bertz CT molecular complexity index is 581. The third-order valence-corrected chi connectivity index (χ3v) is 5.04. The van der Waals surface area contributed by atoms with Crippen LogP contribution in [-0.4, -0.2) is 47.6 Å². The van der Waals surface area contributed by atoms with Crippen LogP contribution in [0.25, 0.3) is 0 Å². The van der Waals surface area contributed by atoms with Crippen molar-refractivity contribution < 1.29 is 23.4 Å². The van der Waals surface area contributed by atoms with Gasteiger partial charge in [-0.2, -0.15) is 4.31 Å². The lowest BCUT2D eigenvalue weighted by molar-refractivity contribution is -0.140. The number of β-amino-alcohol motifs (C(OH)–C–C–N with tert-alkyl or cyclic N) is 1. The number of hydrogen-bond donors (Lipinski definition) is 2. The molecule has 6 nitrogen and oxygen atoms in total. The second-order valence-corrected chi connectivity index (χ2v) is 6.52. The third kappa shape index (κ3) is 2.63. The normalized spacial score (nSPS) is 24.5. The average Bonchev–Trinajstić information content (AvgIpc) is 2.73. The highest BCUT2D eigenvalue weighted by atomic mass is 32.2. The maximum absolute atomic E-state index is 12.4. The van der Waals surface area contributed by atoms with Gasteiger partial charge in [0.25, 0.3) is 0 Å². The van der Waals surface area contributed by atoms with Crippen LogP contribution >= 0.6 is 0 Å². The van der Waals surface area contributed by atoms with Crippen molar-refractivity contribution in [2.45, 2.75) is 30.4 Å². The van der Waals surface area contributed by atoms with Crippen molar-refractivity contribution in [3.05, 3.63) is 29.8 Å². The topological polar surface area (TPSA) is 94.9 Å². The number of carboxylic acids is 1. The van der Waals surface area contributed by atoms with E-state index >= 15 is 0 Å². The van der Waals surface area contributed by atoms with Gasteiger partial charge in [-0.05, 0) is 19.1 Å². The number of aliphatic carboxylic acids is 1. The van der Waals surface area contributed by atoms with E-state index in [2.05, 4.69) is 0 Å². The van der Waals surface area contributed by atoms with Crippen molar-refractivity contribution in [2.75, 3.05) is 6.54 Å². The largest absolute Gasteiger partial charge is 0.480 e. The van der Waals surface area contributed by atoms with Gasteiger partial charge in [-0.3, -0.25) is 4.79 Å². The predicted molar refractivity (Wildman–Crippen MR) is 67.1 cm³/mol. The molecule has 0 aromatic heterocycles. The zero-order valence-electron chi connectivity index (χ0n) is 10.4. The molecule has 1 aliphatic heterocycles. The third-order valence-electron chi connectivity index (χ3n) is 3.15. The van der Waals surface area contributed by atoms with Gasteiger partial charge in [0.1, 0.15) is 6.04 Å². The smallest absolute Gasteiger partial charge is 0.322 e. The second kappa shape index (κ2) is 4.92. The summed E-state index contributed by atoms with van der Waals surface area (Å²) in [5, 5.41) is 18.5. The minimum Gasteiger partial charge on any atom is -0.480 e. The molecule has 2 rings (SSSR count). The lowest BCUT2D eigenvalue weighted by Gasteiger charge is -2.20. The van der Waals surface area contributed by atoms with E-state index in [9.17, 15) is 18.3 Å². The Hall–Kier alpha value is -1.44. The fourth-order valence-electron chi connectivity index (χ4n) is 2.12. The first kappa shape index (κ1) is 14.0. The van der Waals surface area contributed by atoms with Crippen molar-refractivity contribution in [1.29, 1.82) is 0 Å². The lowest BCUT2D eigenvalue weighted by atomic mass is 10.2. The number of nitrogens with zero attached hydrogens (tertiary/aromatic N) is 1. The highest BCUT2D eigenvalue weighted by Gasteiger charge is 2.43. The summed E-state index contributed by atoms with van der Waals surface area (Å²) in [6, 6.07) is 4.97. The van der Waals surface area contributed by atoms with Crippen LogP contribution in [0.5, 0.6) is 0 Å². The second-order valence-electron chi connectivity index (χ2n) is 4.63. The first-order valence-electron chi connectivity index (χ1n) is 5.82. The molecule has 19 heavy (non-hydrogen) atoms. The van der Waals surface area contributed by atoms with Gasteiger partial charge in [-0.25, -0.2) is 8.42 Å². The molecule has 0 spiro atoms. The van der Waals surface area contributed by atoms with Crippen LogP contribution in [-0.2, 0) is 14.8 Å². The summed E-state index contributed by atoms with van der Waals surface area (Å²) < 4.78 is 25.6. The minimum atomic E-state index is -3.89. The Morgan fingerprint density at radius 2 is 1.89 bits per heavy atom. The van der Waals surface area contributed by atoms with Crippen LogP contribution in [0.3, 0.4) is 0 Å². The maximum Gasteiger partial charge on any atom is 0.322 e. The number of aliphatic hydroxyl groups is 1. The van der Waals surface area contributed by atoms with E-state index in [-0.39, 0.29) is 17.9 Å². The van der Waals surface area contributed by atoms with Crippen molar-refractivity contribution in [3.8, 4) is 0 Å². The molecular formula is C12H15NO5S. The van der Waals surface area contributed by atoms with Crippen LogP contribution in [0.1, 0.15) is 12.0 Å². The zero-order valence-corrected chi connectivity index (χ0v) is 11.2. The van der Waals surface area contributed by atoms with Crippen LogP contribution < -0.4 is 0 Å². The standard InChI is InChI=1S/C12H15NO5S/c1-8-2-4-10(5-3-8)19(17,18)13-7-9(14)6-11(13)12(15)16/h2-5,9,11,14H,6-7H2,1H3,(H,15,16)/t9?,11-/m0/s1. The van der Waals surface area contributed by atoms with Gasteiger partial charge in [0.2, 0.25) is 10.0 Å². The van der Waals surface area contributed by atoms with Gasteiger partial charge >= 0.3 is 5.97 Å². The van der Waals surface area contributed by atoms with Gasteiger partial charge in [-0.15, -0.1) is 0 Å². The molecule has 1 saturated heterocycles. The van der Waals surface area contributed by atoms with Crippen LogP contribution in [0.15, 0.2) is 29.2 Å². The summed E-state index contributed by atoms with van der Waals surface area (Å²) in [5.41, 5.74) is 0.912. The fourth-order valence-corrected chi connectivity index (χ4v) is 3.75. The lowest BCUT2D eigenvalue weighted by Crippen LogP contribution is -2.40. The van der Waals surface area contributed by atoms with Crippen LogP contribution in [0, 0.1) is 6.92 Å². The molecule has 7 heteroatoms. The molecule has 1 aliphatic rings. The molecule has 1 fully saturated rings. The summed E-state index contributed by atoms with van der Waals surface area (Å²) in [7, 11) is -3.89. The van der Waals surface area contributed by atoms with E-state index in [1.165, 1.54) is 12.1 Å². The van der Waals surface area contributed by atoms with Crippen LogP contribution in [0.2, 0.25) is 0 Å². The number of sulfonamides is 1. The number of carboxylic acid groups (broad SMARTS) is 1. The van der Waals surface area contributed by atoms with Gasteiger partial charge in [0.15, 0.2) is 0 Å². The summed E-state index contributed by atoms with van der Waals surface area (Å²) in [5.74, 6) is -1.24. The van der Waals surface area contributed by atoms with E-state index < -0.39 is 28.1 Å². The van der Waals surface area contributed by atoms with Crippen molar-refractivity contribution >= 4 is 16.0 Å². The average molecular weight is 285 g/mol. The number of benzene rings is 1. The van der Waals surface area contributed by atoms with E-state index in [4.69, 9.17) is 5.11 Å². The molecule has 1 heterocycles. The van der Waals surface area contributed by atoms with E-state index in [0.717, 1.165) is 9.87 Å². The zero-order chi connectivity index (χ0) is 14.2. The molecule has 2 N–H and O–H groups in total. The Morgan fingerprint density at radius 3 is 2.42 bits per heavy atom. The fraction of sp³-hybridized carbons (Fsp3) is 0.417. The summed E-state index contributed by atoms with van der Waals surface area (Å²) in [6.07, 6.45) is -1.03. The molecule has 1 aromatic carbocycles. The number of aryl methyl sites for hydroxylation is 1. The SMILES string of the molecule is Cc1ccc(S(=O)(=O)N2CC(O)C[C@H]2C(=O)O)cc1. The number of aliphatic hydroxyl groups excluding tert-OH is 1. The molecule has 2 atom stereocenters. The Kier molecular flexibility index (Phi) is 3.62. The Balaban J connectivity index is 2.38. The van der Waals surface area contributed by atoms with Gasteiger partial charge in [-0.1, -0.05) is 17.7 Å². The highest BCUT2D eigenvalue weighted by molar-refractivity contribution is 7.89. The molecule has 104 valence electrons. The molecule has 0 amide bonds. The van der Waals surface area contributed by atoms with E-state index in [1.54, 1.807) is 12.1 Å². The van der Waals surface area contributed by atoms with E-state index in [1.807, 2.05) is 6.92 Å². The predicted octanol–water partition coefficient (Wildman–Crippen LogP) is 0.204. The first-order valence-corrected chi connectivity index (χ1v) is 7.26. The molecular weight excluding hydrogens is 270 g/mol. The summed E-state index contributed by atoms with van der Waals surface area (Å²) in [4.78, 5) is 11.1. The Morgan fingerprint density at radius 1 is 1.32 bits per heavy atom. The maximum atomic E-state index is 12.4. The van der Waals surface area contributed by atoms with Crippen LogP contribution in [0.4, 0.5) is 0 Å². The summed E-state index contributed by atoms with van der Waals surface area (Å²) in [6.45, 7) is 1.64. The van der Waals surface area contributed by atoms with Gasteiger partial charge in [0, 0.05) is 13.0 Å². The quantitative estimate of drug-likeness (QED) is 0.827. The molecule has 0 saturated carbocycles. The van der Waals surface area contributed by atoms with Crippen molar-refractivity contribution in [1.82, 2.24) is 4.31 Å². The van der Waals surface area contributed by atoms with Gasteiger partial charge in [0.05, 0.1) is 11.0 Å². The van der Waals surface area contributed by atoms with E-state index in [0.29, 0.717) is 0 Å².